The Hall–Kier alpha value is -2.57. The zero-order valence-electron chi connectivity index (χ0n) is 17.7. The van der Waals surface area contributed by atoms with E-state index in [0.717, 1.165) is 38.5 Å². The Balaban J connectivity index is 1.70. The lowest BCUT2D eigenvalue weighted by Crippen LogP contribution is -2.58. The third kappa shape index (κ3) is 5.74. The first kappa shape index (κ1) is 22.1. The second kappa shape index (κ2) is 11.0. The number of esters is 1. The Kier molecular flexibility index (Phi) is 8.11. The number of ether oxygens (including phenoxy) is 2. The molecule has 7 heteroatoms. The average molecular weight is 417 g/mol. The van der Waals surface area contributed by atoms with E-state index < -0.39 is 12.0 Å². The van der Waals surface area contributed by atoms with Crippen molar-refractivity contribution in [3.05, 3.63) is 29.8 Å². The van der Waals surface area contributed by atoms with Gasteiger partial charge in [-0.05, 0) is 44.2 Å². The van der Waals surface area contributed by atoms with Crippen LogP contribution in [0.4, 0.5) is 0 Å². The number of carbonyl (C=O) groups is 3. The fraction of sp³-hybridized carbons (Fsp3) is 0.609. The zero-order chi connectivity index (χ0) is 21.3. The van der Waals surface area contributed by atoms with Crippen LogP contribution in [0, 0.1) is 0 Å². The summed E-state index contributed by atoms with van der Waals surface area (Å²) in [6.07, 6.45) is 6.70. The molecule has 1 aromatic carbocycles. The molecule has 1 aliphatic heterocycles. The number of hydrogen-bond donors (Lipinski definition) is 1. The molecule has 7 nitrogen and oxygen atoms in total. The number of benzene rings is 1. The molecule has 1 aromatic rings. The largest absolute Gasteiger partial charge is 0.493 e. The Bertz CT molecular complexity index is 745. The van der Waals surface area contributed by atoms with Gasteiger partial charge in [0.25, 0.3) is 5.91 Å². The molecule has 0 bridgehead atoms. The molecule has 1 atom stereocenters. The van der Waals surface area contributed by atoms with Crippen LogP contribution in [0.15, 0.2) is 24.3 Å². The fourth-order valence-electron chi connectivity index (χ4n) is 3.99. The highest BCUT2D eigenvalue weighted by Crippen LogP contribution is 2.24. The van der Waals surface area contributed by atoms with E-state index in [4.69, 9.17) is 9.47 Å². The summed E-state index contributed by atoms with van der Waals surface area (Å²) in [5.74, 6) is -0.535. The van der Waals surface area contributed by atoms with Crippen molar-refractivity contribution in [1.82, 2.24) is 10.2 Å². The summed E-state index contributed by atoms with van der Waals surface area (Å²) in [5, 5.41) is 2.76. The van der Waals surface area contributed by atoms with Crippen molar-refractivity contribution in [3.63, 3.8) is 0 Å². The molecule has 1 saturated heterocycles. The molecule has 0 spiro atoms. The van der Waals surface area contributed by atoms with Gasteiger partial charge in [0.15, 0.2) is 0 Å². The number of unbranched alkanes of at least 4 members (excludes halogenated alkanes) is 1. The van der Waals surface area contributed by atoms with Crippen LogP contribution in [0.1, 0.15) is 68.6 Å². The summed E-state index contributed by atoms with van der Waals surface area (Å²) >= 11 is 0. The first-order valence-electron chi connectivity index (χ1n) is 11.1. The third-order valence-corrected chi connectivity index (χ3v) is 5.67. The zero-order valence-corrected chi connectivity index (χ0v) is 17.7. The van der Waals surface area contributed by atoms with Crippen molar-refractivity contribution in [2.45, 2.75) is 70.4 Å². The Morgan fingerprint density at radius 2 is 1.93 bits per heavy atom. The molecule has 164 valence electrons. The molecular weight excluding hydrogens is 384 g/mol. The number of carbonyl (C=O) groups excluding carboxylic acids is 3. The lowest BCUT2D eigenvalue weighted by molar-refractivity contribution is -0.153. The van der Waals surface area contributed by atoms with Crippen LogP contribution in [-0.2, 0) is 14.3 Å². The van der Waals surface area contributed by atoms with Crippen molar-refractivity contribution >= 4 is 17.8 Å². The van der Waals surface area contributed by atoms with E-state index in [0.29, 0.717) is 31.0 Å². The highest BCUT2D eigenvalue weighted by atomic mass is 16.5. The molecule has 3 rings (SSSR count). The number of amides is 2. The van der Waals surface area contributed by atoms with E-state index >= 15 is 0 Å². The monoisotopic (exact) mass is 416 g/mol. The average Bonchev–Trinajstić information content (AvgIpc) is 2.76. The van der Waals surface area contributed by atoms with E-state index in [-0.39, 0.29) is 24.3 Å². The van der Waals surface area contributed by atoms with Crippen LogP contribution in [0.2, 0.25) is 0 Å². The number of rotatable bonds is 8. The van der Waals surface area contributed by atoms with Gasteiger partial charge in [0, 0.05) is 13.1 Å². The van der Waals surface area contributed by atoms with Gasteiger partial charge in [-0.3, -0.25) is 14.4 Å². The Morgan fingerprint density at radius 1 is 1.17 bits per heavy atom. The summed E-state index contributed by atoms with van der Waals surface area (Å²) in [6, 6.07) is 6.19. The molecule has 1 saturated carbocycles. The van der Waals surface area contributed by atoms with Gasteiger partial charge < -0.3 is 19.7 Å². The molecule has 1 N–H and O–H groups in total. The van der Waals surface area contributed by atoms with Crippen molar-refractivity contribution < 1.29 is 23.9 Å². The summed E-state index contributed by atoms with van der Waals surface area (Å²) in [7, 11) is 0. The molecule has 0 radical (unpaired) electrons. The van der Waals surface area contributed by atoms with E-state index in [1.54, 1.807) is 18.2 Å². The van der Waals surface area contributed by atoms with Gasteiger partial charge in [0.05, 0.1) is 18.6 Å². The molecule has 1 heterocycles. The number of hydrogen-bond acceptors (Lipinski definition) is 5. The molecule has 1 unspecified atom stereocenters. The minimum atomic E-state index is -0.869. The normalized spacial score (nSPS) is 19.8. The predicted octanol–water partition coefficient (Wildman–Crippen LogP) is 3.07. The molecule has 1 aliphatic carbocycles. The van der Waals surface area contributed by atoms with Gasteiger partial charge in [-0.25, -0.2) is 0 Å². The number of nitrogens with one attached hydrogen (secondary N) is 1. The lowest BCUT2D eigenvalue weighted by Gasteiger charge is -2.35. The van der Waals surface area contributed by atoms with Gasteiger partial charge in [0.1, 0.15) is 17.9 Å². The fourth-order valence-corrected chi connectivity index (χ4v) is 3.99. The van der Waals surface area contributed by atoms with Crippen LogP contribution < -0.4 is 10.1 Å². The number of para-hydroxylation sites is 1. The molecule has 2 aliphatic rings. The topological polar surface area (TPSA) is 84.9 Å². The second-order valence-corrected chi connectivity index (χ2v) is 7.96. The number of piperazine rings is 1. The standard InChI is InChI=1S/C23H32N2O5/c1-2-3-15-29-20-12-8-7-11-18(20)23(28)25-14-13-24-22(27)19(25)16-21(26)30-17-9-5-4-6-10-17/h7-8,11-12,17,19H,2-6,9-10,13-16H2,1H3,(H,24,27). The minimum Gasteiger partial charge on any atom is -0.493 e. The molecule has 2 amide bonds. The molecular formula is C23H32N2O5. The summed E-state index contributed by atoms with van der Waals surface area (Å²) in [4.78, 5) is 39.8. The Morgan fingerprint density at radius 3 is 2.70 bits per heavy atom. The van der Waals surface area contributed by atoms with Gasteiger partial charge in [0.2, 0.25) is 5.91 Å². The van der Waals surface area contributed by atoms with Gasteiger partial charge in [-0.2, -0.15) is 0 Å². The van der Waals surface area contributed by atoms with Crippen molar-refractivity contribution in [1.29, 1.82) is 0 Å². The quantitative estimate of drug-likeness (QED) is 0.520. The second-order valence-electron chi connectivity index (χ2n) is 7.96. The summed E-state index contributed by atoms with van der Waals surface area (Å²) in [5.41, 5.74) is 0.411. The predicted molar refractivity (Wildman–Crippen MR) is 112 cm³/mol. The van der Waals surface area contributed by atoms with Gasteiger partial charge in [-0.1, -0.05) is 31.9 Å². The van der Waals surface area contributed by atoms with E-state index in [1.807, 2.05) is 6.07 Å². The van der Waals surface area contributed by atoms with Crippen LogP contribution in [0.25, 0.3) is 0 Å². The smallest absolute Gasteiger partial charge is 0.308 e. The maximum Gasteiger partial charge on any atom is 0.308 e. The highest BCUT2D eigenvalue weighted by Gasteiger charge is 2.37. The van der Waals surface area contributed by atoms with Crippen LogP contribution in [0.5, 0.6) is 5.75 Å². The Labute approximate surface area is 178 Å². The van der Waals surface area contributed by atoms with E-state index in [9.17, 15) is 14.4 Å². The maximum atomic E-state index is 13.3. The summed E-state index contributed by atoms with van der Waals surface area (Å²) < 4.78 is 11.4. The molecule has 30 heavy (non-hydrogen) atoms. The first-order chi connectivity index (χ1) is 14.6. The first-order valence-corrected chi connectivity index (χ1v) is 11.1. The third-order valence-electron chi connectivity index (χ3n) is 5.67. The van der Waals surface area contributed by atoms with Gasteiger partial charge in [-0.15, -0.1) is 0 Å². The SMILES string of the molecule is CCCCOc1ccccc1C(=O)N1CCNC(=O)C1CC(=O)OC1CCCCC1. The molecule has 2 fully saturated rings. The van der Waals surface area contributed by atoms with Crippen LogP contribution in [-0.4, -0.2) is 54.5 Å². The number of nitrogens with zero attached hydrogens (tertiary/aromatic N) is 1. The van der Waals surface area contributed by atoms with Crippen molar-refractivity contribution in [2.24, 2.45) is 0 Å². The lowest BCUT2D eigenvalue weighted by atomic mass is 9.98. The maximum absolute atomic E-state index is 13.3. The highest BCUT2D eigenvalue weighted by molar-refractivity contribution is 6.01. The van der Waals surface area contributed by atoms with Crippen molar-refractivity contribution in [3.8, 4) is 5.75 Å². The summed E-state index contributed by atoms with van der Waals surface area (Å²) in [6.45, 7) is 3.30. The molecule has 0 aromatic heterocycles. The van der Waals surface area contributed by atoms with Crippen molar-refractivity contribution in [2.75, 3.05) is 19.7 Å². The van der Waals surface area contributed by atoms with E-state index in [1.165, 1.54) is 11.3 Å². The van der Waals surface area contributed by atoms with E-state index in [2.05, 4.69) is 12.2 Å². The minimum absolute atomic E-state index is 0.0743. The van der Waals surface area contributed by atoms with Crippen LogP contribution in [0.3, 0.4) is 0 Å². The van der Waals surface area contributed by atoms with Gasteiger partial charge >= 0.3 is 5.97 Å². The van der Waals surface area contributed by atoms with Crippen LogP contribution >= 0.6 is 0 Å².